The van der Waals surface area contributed by atoms with Gasteiger partial charge in [-0.05, 0) is 42.9 Å². The molecule has 180 valence electrons. The topological polar surface area (TPSA) is 131 Å². The van der Waals surface area contributed by atoms with Gasteiger partial charge < -0.3 is 30.4 Å². The number of aliphatic hydroxyl groups excluding tert-OH is 1. The molecule has 1 aromatic carbocycles. The summed E-state index contributed by atoms with van der Waals surface area (Å²) in [6, 6.07) is 6.80. The van der Waals surface area contributed by atoms with Crippen LogP contribution in [0.25, 0.3) is 11.2 Å². The maximum absolute atomic E-state index is 13.0. The molecule has 0 aliphatic heterocycles. The summed E-state index contributed by atoms with van der Waals surface area (Å²) in [5.41, 5.74) is 8.41. The van der Waals surface area contributed by atoms with Gasteiger partial charge in [-0.2, -0.15) is 0 Å². The van der Waals surface area contributed by atoms with E-state index in [1.165, 1.54) is 0 Å². The number of benzene rings is 1. The Morgan fingerprint density at radius 3 is 2.76 bits per heavy atom. The Balaban J connectivity index is 1.32. The number of carbonyl (C=O) groups excluding carboxylic acids is 1. The number of hydrogen-bond donors (Lipinski definition) is 3. The van der Waals surface area contributed by atoms with E-state index < -0.39 is 6.04 Å². The highest BCUT2D eigenvalue weighted by molar-refractivity contribution is 5.83. The van der Waals surface area contributed by atoms with Gasteiger partial charge in [0, 0.05) is 31.6 Å². The SMILES string of the molecule is COc1ccc(CC(N)C(=O)N[C@H]2C[C@H](n3cnc4c(N(C)C)ncnc43)[C@H]3C[C@]23CO)cc1. The van der Waals surface area contributed by atoms with Crippen molar-refractivity contribution in [1.82, 2.24) is 24.8 Å². The number of ether oxygens (including phenoxy) is 1. The number of nitrogens with two attached hydrogens (primary N) is 1. The van der Waals surface area contributed by atoms with Crippen molar-refractivity contribution in [3.8, 4) is 5.75 Å². The number of nitrogens with one attached hydrogen (secondary N) is 1. The van der Waals surface area contributed by atoms with E-state index >= 15 is 0 Å². The Labute approximate surface area is 198 Å². The molecule has 5 atom stereocenters. The van der Waals surface area contributed by atoms with Crippen molar-refractivity contribution in [2.45, 2.75) is 37.4 Å². The third kappa shape index (κ3) is 3.67. The molecule has 2 aromatic heterocycles. The van der Waals surface area contributed by atoms with E-state index in [0.717, 1.165) is 34.7 Å². The molecule has 5 rings (SSSR count). The fraction of sp³-hybridized carbons (Fsp3) is 0.500. The molecule has 1 unspecified atom stereocenters. The summed E-state index contributed by atoms with van der Waals surface area (Å²) in [4.78, 5) is 28.3. The first-order chi connectivity index (χ1) is 16.4. The van der Waals surface area contributed by atoms with Gasteiger partial charge in [-0.15, -0.1) is 0 Å². The van der Waals surface area contributed by atoms with Crippen LogP contribution in [-0.2, 0) is 11.2 Å². The Morgan fingerprint density at radius 1 is 1.32 bits per heavy atom. The lowest BCUT2D eigenvalue weighted by Crippen LogP contribution is -2.49. The zero-order valence-electron chi connectivity index (χ0n) is 19.7. The first-order valence-corrected chi connectivity index (χ1v) is 11.5. The normalized spacial score (nSPS) is 26.2. The van der Waals surface area contributed by atoms with Crippen LogP contribution in [0, 0.1) is 11.3 Å². The predicted molar refractivity (Wildman–Crippen MR) is 128 cm³/mol. The standard InChI is InChI=1S/C24H31N7O3/c1-30(2)21-20-22(27-12-26-21)31(13-28-20)18-9-19(24(11-32)10-16(18)24)29-23(33)17(25)8-14-4-6-15(34-3)7-5-14/h4-7,12-13,16-19,32H,8-11,25H2,1-3H3,(H,29,33)/t16-,17?,18+,19+,24-/m1/s1. The van der Waals surface area contributed by atoms with E-state index in [1.807, 2.05) is 43.3 Å². The molecule has 10 nitrogen and oxygen atoms in total. The highest BCUT2D eigenvalue weighted by Gasteiger charge is 2.67. The first kappa shape index (κ1) is 22.5. The molecular formula is C24H31N7O3. The Kier molecular flexibility index (Phi) is 5.65. The largest absolute Gasteiger partial charge is 0.497 e. The molecule has 34 heavy (non-hydrogen) atoms. The summed E-state index contributed by atoms with van der Waals surface area (Å²) in [5, 5.41) is 13.4. The van der Waals surface area contributed by atoms with Crippen LogP contribution in [0.4, 0.5) is 5.82 Å². The highest BCUT2D eigenvalue weighted by Crippen LogP contribution is 2.67. The van der Waals surface area contributed by atoms with Gasteiger partial charge in [-0.1, -0.05) is 12.1 Å². The van der Waals surface area contributed by atoms with E-state index in [1.54, 1.807) is 19.8 Å². The van der Waals surface area contributed by atoms with Crippen molar-refractivity contribution in [3.05, 3.63) is 42.5 Å². The predicted octanol–water partition coefficient (Wildman–Crippen LogP) is 0.899. The molecule has 0 spiro atoms. The number of fused-ring (bicyclic) bond motifs is 2. The molecule has 2 aliphatic rings. The zero-order chi connectivity index (χ0) is 24.0. The fourth-order valence-electron chi connectivity index (χ4n) is 5.51. The molecule has 2 aliphatic carbocycles. The minimum absolute atomic E-state index is 0.0252. The lowest BCUT2D eigenvalue weighted by Gasteiger charge is -2.25. The smallest absolute Gasteiger partial charge is 0.237 e. The van der Waals surface area contributed by atoms with Crippen LogP contribution in [-0.4, -0.2) is 70.4 Å². The van der Waals surface area contributed by atoms with Gasteiger partial charge in [0.25, 0.3) is 0 Å². The monoisotopic (exact) mass is 465 g/mol. The van der Waals surface area contributed by atoms with Crippen molar-refractivity contribution >= 4 is 22.9 Å². The molecule has 0 bridgehead atoms. The van der Waals surface area contributed by atoms with Gasteiger partial charge in [-0.3, -0.25) is 4.79 Å². The summed E-state index contributed by atoms with van der Waals surface area (Å²) in [6.45, 7) is 0.0252. The molecule has 4 N–H and O–H groups in total. The Morgan fingerprint density at radius 2 is 2.09 bits per heavy atom. The second-order valence-corrected chi connectivity index (χ2v) is 9.64. The molecule has 0 saturated heterocycles. The lowest BCUT2D eigenvalue weighted by atomic mass is 9.97. The van der Waals surface area contributed by atoms with Crippen molar-refractivity contribution < 1.29 is 14.6 Å². The van der Waals surface area contributed by atoms with Gasteiger partial charge in [0.05, 0.1) is 26.1 Å². The van der Waals surface area contributed by atoms with E-state index in [9.17, 15) is 9.90 Å². The Bertz CT molecular complexity index is 1190. The van der Waals surface area contributed by atoms with Crippen LogP contribution in [0.15, 0.2) is 36.9 Å². The summed E-state index contributed by atoms with van der Waals surface area (Å²) in [5.74, 6) is 1.57. The van der Waals surface area contributed by atoms with E-state index in [0.29, 0.717) is 12.8 Å². The highest BCUT2D eigenvalue weighted by atomic mass is 16.5. The average Bonchev–Trinajstić information content (AvgIpc) is 3.31. The van der Waals surface area contributed by atoms with Gasteiger partial charge in [-0.25, -0.2) is 15.0 Å². The zero-order valence-corrected chi connectivity index (χ0v) is 19.7. The number of amides is 1. The molecule has 0 radical (unpaired) electrons. The van der Waals surface area contributed by atoms with E-state index in [4.69, 9.17) is 10.5 Å². The number of hydrogen-bond acceptors (Lipinski definition) is 8. The molecule has 2 fully saturated rings. The van der Waals surface area contributed by atoms with Crippen LogP contribution in [0.1, 0.15) is 24.4 Å². The summed E-state index contributed by atoms with van der Waals surface area (Å²) in [7, 11) is 5.47. The first-order valence-electron chi connectivity index (χ1n) is 11.5. The van der Waals surface area contributed by atoms with Crippen LogP contribution < -0.4 is 20.7 Å². The third-order valence-electron chi connectivity index (χ3n) is 7.50. The number of imidazole rings is 1. The molecule has 2 saturated carbocycles. The molecule has 10 heteroatoms. The van der Waals surface area contributed by atoms with Crippen molar-refractivity contribution in [2.75, 3.05) is 32.7 Å². The van der Waals surface area contributed by atoms with Crippen LogP contribution >= 0.6 is 0 Å². The van der Waals surface area contributed by atoms with Gasteiger partial charge >= 0.3 is 0 Å². The number of aliphatic hydroxyl groups is 1. The molecule has 3 aromatic rings. The number of anilines is 1. The van der Waals surface area contributed by atoms with E-state index in [-0.39, 0.29) is 35.9 Å². The second-order valence-electron chi connectivity index (χ2n) is 9.64. The van der Waals surface area contributed by atoms with Crippen LogP contribution in [0.5, 0.6) is 5.75 Å². The maximum Gasteiger partial charge on any atom is 0.237 e. The number of rotatable bonds is 8. The van der Waals surface area contributed by atoms with Crippen molar-refractivity contribution in [2.24, 2.45) is 17.1 Å². The van der Waals surface area contributed by atoms with Crippen molar-refractivity contribution in [3.63, 3.8) is 0 Å². The summed E-state index contributed by atoms with van der Waals surface area (Å²) in [6.07, 6.45) is 5.32. The minimum atomic E-state index is -0.676. The summed E-state index contributed by atoms with van der Waals surface area (Å²) >= 11 is 0. The average molecular weight is 466 g/mol. The van der Waals surface area contributed by atoms with Gasteiger partial charge in [0.15, 0.2) is 17.0 Å². The van der Waals surface area contributed by atoms with E-state index in [2.05, 4.69) is 24.8 Å². The molecular weight excluding hydrogens is 434 g/mol. The van der Waals surface area contributed by atoms with Gasteiger partial charge in [0.2, 0.25) is 5.91 Å². The van der Waals surface area contributed by atoms with Crippen molar-refractivity contribution in [1.29, 1.82) is 0 Å². The lowest BCUT2D eigenvalue weighted by molar-refractivity contribution is -0.123. The fourth-order valence-corrected chi connectivity index (χ4v) is 5.51. The maximum atomic E-state index is 13.0. The minimum Gasteiger partial charge on any atom is -0.497 e. The number of aromatic nitrogens is 4. The number of carbonyl (C=O) groups is 1. The second kappa shape index (κ2) is 8.52. The quantitative estimate of drug-likeness (QED) is 0.447. The number of methoxy groups -OCH3 is 1. The third-order valence-corrected chi connectivity index (χ3v) is 7.50. The van der Waals surface area contributed by atoms with Crippen LogP contribution in [0.3, 0.4) is 0 Å². The molecule has 2 heterocycles. The number of nitrogens with zero attached hydrogens (tertiary/aromatic N) is 5. The molecule has 1 amide bonds. The van der Waals surface area contributed by atoms with Gasteiger partial charge in [0.1, 0.15) is 12.1 Å². The summed E-state index contributed by atoms with van der Waals surface area (Å²) < 4.78 is 7.26. The van der Waals surface area contributed by atoms with Crippen LogP contribution in [0.2, 0.25) is 0 Å². The Hall–Kier alpha value is -3.24.